The lowest BCUT2D eigenvalue weighted by molar-refractivity contribution is -0.140. The van der Waals surface area contributed by atoms with Gasteiger partial charge in [-0.15, -0.1) is 0 Å². The summed E-state index contributed by atoms with van der Waals surface area (Å²) in [7, 11) is 0. The number of H-pyrrole nitrogens is 1. The van der Waals surface area contributed by atoms with Gasteiger partial charge in [0.25, 0.3) is 0 Å². The van der Waals surface area contributed by atoms with Crippen molar-refractivity contribution in [1.29, 1.82) is 0 Å². The van der Waals surface area contributed by atoms with Crippen molar-refractivity contribution in [3.8, 4) is 0 Å². The van der Waals surface area contributed by atoms with Crippen LogP contribution >= 0.6 is 0 Å². The number of alkyl halides is 1. The smallest absolute Gasteiger partial charge is 0.240 e. The van der Waals surface area contributed by atoms with Crippen molar-refractivity contribution < 1.29 is 13.9 Å². The molecule has 0 aliphatic carbocycles. The summed E-state index contributed by atoms with van der Waals surface area (Å²) in [6, 6.07) is 1.48. The molecule has 0 spiro atoms. The molecule has 110 valence electrons. The Morgan fingerprint density at radius 3 is 3.00 bits per heavy atom. The molecule has 0 radical (unpaired) electrons. The van der Waals surface area contributed by atoms with E-state index in [0.717, 1.165) is 5.69 Å². The number of amides is 1. The molecule has 1 aromatic heterocycles. The van der Waals surface area contributed by atoms with E-state index in [-0.39, 0.29) is 18.4 Å². The van der Waals surface area contributed by atoms with Crippen LogP contribution in [-0.4, -0.2) is 71.0 Å². The molecule has 2 saturated heterocycles. The lowest BCUT2D eigenvalue weighted by Crippen LogP contribution is -2.49. The van der Waals surface area contributed by atoms with Crippen LogP contribution < -0.4 is 0 Å². The number of morpholine rings is 1. The summed E-state index contributed by atoms with van der Waals surface area (Å²) in [6.45, 7) is 3.17. The maximum atomic E-state index is 13.7. The highest BCUT2D eigenvalue weighted by Crippen LogP contribution is 2.24. The number of hydrogen-bond acceptors (Lipinski definition) is 4. The van der Waals surface area contributed by atoms with Crippen molar-refractivity contribution in [2.24, 2.45) is 0 Å². The molecule has 6 nitrogen and oxygen atoms in total. The van der Waals surface area contributed by atoms with Gasteiger partial charge in [-0.1, -0.05) is 0 Å². The second-order valence-electron chi connectivity index (χ2n) is 5.30. The molecule has 1 aromatic rings. The summed E-state index contributed by atoms with van der Waals surface area (Å²) >= 11 is 0. The second-order valence-corrected chi connectivity index (χ2v) is 5.30. The first kappa shape index (κ1) is 13.5. The Kier molecular flexibility index (Phi) is 3.98. The molecule has 1 amide bonds. The van der Waals surface area contributed by atoms with Crippen LogP contribution in [-0.2, 0) is 16.1 Å². The highest BCUT2D eigenvalue weighted by Gasteiger charge is 2.39. The highest BCUT2D eigenvalue weighted by molar-refractivity contribution is 5.82. The Hall–Kier alpha value is -1.47. The van der Waals surface area contributed by atoms with Gasteiger partial charge >= 0.3 is 0 Å². The average Bonchev–Trinajstić information content (AvgIpc) is 3.09. The minimum Gasteiger partial charge on any atom is -0.378 e. The summed E-state index contributed by atoms with van der Waals surface area (Å²) in [5, 5.41) is 6.74. The standard InChI is InChI=1S/C13H19FN4O2/c14-10-7-12(13(19)17-3-5-20-6-4-17)18(8-10)9-11-1-2-15-16-11/h1-2,10,12H,3-9H2,(H,15,16)/t10-,12+/m1/s1. The van der Waals surface area contributed by atoms with Gasteiger partial charge in [0.15, 0.2) is 0 Å². The van der Waals surface area contributed by atoms with Crippen molar-refractivity contribution in [2.75, 3.05) is 32.8 Å². The van der Waals surface area contributed by atoms with Gasteiger partial charge in [0.1, 0.15) is 6.17 Å². The number of hydrogen-bond donors (Lipinski definition) is 1. The van der Waals surface area contributed by atoms with Gasteiger partial charge in [-0.05, 0) is 6.07 Å². The zero-order chi connectivity index (χ0) is 13.9. The summed E-state index contributed by atoms with van der Waals surface area (Å²) in [5.74, 6) is 0.0213. The number of halogens is 1. The normalized spacial score (nSPS) is 27.9. The predicted molar refractivity (Wildman–Crippen MR) is 69.7 cm³/mol. The largest absolute Gasteiger partial charge is 0.378 e. The van der Waals surface area contributed by atoms with E-state index in [0.29, 0.717) is 39.4 Å². The molecule has 2 aliphatic rings. The zero-order valence-electron chi connectivity index (χ0n) is 11.3. The van der Waals surface area contributed by atoms with E-state index < -0.39 is 6.17 Å². The van der Waals surface area contributed by atoms with Gasteiger partial charge in [-0.25, -0.2) is 4.39 Å². The summed E-state index contributed by atoms with van der Waals surface area (Å²) in [4.78, 5) is 16.2. The molecular formula is C13H19FN4O2. The van der Waals surface area contributed by atoms with Crippen LogP contribution in [0.15, 0.2) is 12.3 Å². The first-order valence-electron chi connectivity index (χ1n) is 6.97. The SMILES string of the molecule is O=C([C@@H]1C[C@@H](F)CN1Cc1ccn[nH]1)N1CCOCC1. The van der Waals surface area contributed by atoms with Crippen LogP contribution in [0.25, 0.3) is 0 Å². The van der Waals surface area contributed by atoms with Crippen molar-refractivity contribution in [3.63, 3.8) is 0 Å². The third-order valence-corrected chi connectivity index (χ3v) is 3.89. The van der Waals surface area contributed by atoms with Gasteiger partial charge in [-0.3, -0.25) is 14.8 Å². The first-order chi connectivity index (χ1) is 9.74. The number of nitrogens with zero attached hydrogens (tertiary/aromatic N) is 3. The number of carbonyl (C=O) groups is 1. The Bertz CT molecular complexity index is 447. The molecule has 2 fully saturated rings. The van der Waals surface area contributed by atoms with E-state index in [1.165, 1.54) is 0 Å². The Morgan fingerprint density at radius 2 is 2.30 bits per heavy atom. The summed E-state index contributed by atoms with van der Waals surface area (Å²) in [6.07, 6.45) is 1.01. The molecule has 0 aromatic carbocycles. The number of ether oxygens (including phenoxy) is 1. The topological polar surface area (TPSA) is 61.5 Å². The fourth-order valence-corrected chi connectivity index (χ4v) is 2.87. The fraction of sp³-hybridized carbons (Fsp3) is 0.692. The quantitative estimate of drug-likeness (QED) is 0.859. The van der Waals surface area contributed by atoms with Crippen molar-refractivity contribution >= 4 is 5.91 Å². The van der Waals surface area contributed by atoms with E-state index in [1.807, 2.05) is 11.0 Å². The lowest BCUT2D eigenvalue weighted by atomic mass is 10.1. The Morgan fingerprint density at radius 1 is 1.50 bits per heavy atom. The molecule has 2 atom stereocenters. The van der Waals surface area contributed by atoms with Crippen LogP contribution in [0.3, 0.4) is 0 Å². The van der Waals surface area contributed by atoms with Gasteiger partial charge in [0.2, 0.25) is 5.91 Å². The van der Waals surface area contributed by atoms with Gasteiger partial charge < -0.3 is 9.64 Å². The lowest BCUT2D eigenvalue weighted by Gasteiger charge is -2.32. The fourth-order valence-electron chi connectivity index (χ4n) is 2.87. The van der Waals surface area contributed by atoms with E-state index in [2.05, 4.69) is 10.2 Å². The van der Waals surface area contributed by atoms with Crippen LogP contribution in [0, 0.1) is 0 Å². The van der Waals surface area contributed by atoms with E-state index in [9.17, 15) is 9.18 Å². The van der Waals surface area contributed by atoms with Crippen LogP contribution in [0.1, 0.15) is 12.1 Å². The average molecular weight is 282 g/mol. The zero-order valence-corrected chi connectivity index (χ0v) is 11.3. The minimum atomic E-state index is -0.937. The summed E-state index contributed by atoms with van der Waals surface area (Å²) < 4.78 is 19.0. The van der Waals surface area contributed by atoms with Crippen molar-refractivity contribution in [2.45, 2.75) is 25.2 Å². The molecule has 3 heterocycles. The van der Waals surface area contributed by atoms with Gasteiger partial charge in [0, 0.05) is 44.5 Å². The van der Waals surface area contributed by atoms with Crippen molar-refractivity contribution in [3.05, 3.63) is 18.0 Å². The Balaban J connectivity index is 1.67. The summed E-state index contributed by atoms with van der Waals surface area (Å²) in [5.41, 5.74) is 0.902. The molecule has 2 aliphatic heterocycles. The Labute approximate surface area is 116 Å². The number of carbonyl (C=O) groups excluding carboxylic acids is 1. The highest BCUT2D eigenvalue weighted by atomic mass is 19.1. The molecule has 3 rings (SSSR count). The van der Waals surface area contributed by atoms with E-state index in [4.69, 9.17) is 4.74 Å². The minimum absolute atomic E-state index is 0.0213. The maximum absolute atomic E-state index is 13.7. The number of aromatic nitrogens is 2. The molecule has 0 unspecified atom stereocenters. The maximum Gasteiger partial charge on any atom is 0.240 e. The second kappa shape index (κ2) is 5.88. The molecule has 20 heavy (non-hydrogen) atoms. The molecule has 0 saturated carbocycles. The number of rotatable bonds is 3. The monoisotopic (exact) mass is 282 g/mol. The third kappa shape index (κ3) is 2.83. The molecule has 0 bridgehead atoms. The van der Waals surface area contributed by atoms with Crippen LogP contribution in [0.2, 0.25) is 0 Å². The number of likely N-dealkylation sites (tertiary alicyclic amines) is 1. The third-order valence-electron chi connectivity index (χ3n) is 3.89. The predicted octanol–water partition coefficient (Wildman–Crippen LogP) is 0.181. The van der Waals surface area contributed by atoms with Crippen LogP contribution in [0.4, 0.5) is 4.39 Å². The first-order valence-corrected chi connectivity index (χ1v) is 6.97. The van der Waals surface area contributed by atoms with E-state index >= 15 is 0 Å². The van der Waals surface area contributed by atoms with Crippen molar-refractivity contribution in [1.82, 2.24) is 20.0 Å². The molecule has 1 N–H and O–H groups in total. The molecular weight excluding hydrogens is 263 g/mol. The number of aromatic amines is 1. The van der Waals surface area contributed by atoms with Crippen LogP contribution in [0.5, 0.6) is 0 Å². The van der Waals surface area contributed by atoms with Gasteiger partial charge in [0.05, 0.1) is 19.3 Å². The number of nitrogens with one attached hydrogen (secondary N) is 1. The van der Waals surface area contributed by atoms with E-state index in [1.54, 1.807) is 11.1 Å². The van der Waals surface area contributed by atoms with Gasteiger partial charge in [-0.2, -0.15) is 5.10 Å². The molecule has 7 heteroatoms.